The molecular weight excluding hydrogens is 979 g/mol. The van der Waals surface area contributed by atoms with Crippen molar-refractivity contribution in [1.29, 1.82) is 0 Å². The van der Waals surface area contributed by atoms with E-state index in [2.05, 4.69) is 53.5 Å². The quantitative estimate of drug-likeness (QED) is 0.123. The first kappa shape index (κ1) is 41.4. The van der Waals surface area contributed by atoms with Crippen LogP contribution in [0.5, 0.6) is 0 Å². The van der Waals surface area contributed by atoms with Gasteiger partial charge in [0.1, 0.15) is 11.6 Å². The summed E-state index contributed by atoms with van der Waals surface area (Å²) in [5.74, 6) is 0.0118. The average molecular weight is 1020 g/mol. The number of furan rings is 1. The van der Waals surface area contributed by atoms with E-state index in [1.54, 1.807) is 24.3 Å². The van der Waals surface area contributed by atoms with Gasteiger partial charge in [0.05, 0.1) is 41.9 Å². The van der Waals surface area contributed by atoms with Crippen LogP contribution in [-0.4, -0.2) is 27.6 Å². The van der Waals surface area contributed by atoms with Crippen LogP contribution in [0.2, 0.25) is 19.6 Å². The molecule has 7 aromatic carbocycles. The summed E-state index contributed by atoms with van der Waals surface area (Å²) in [6.07, 6.45) is 2.02. The summed E-state index contributed by atoms with van der Waals surface area (Å²) in [6.45, 7) is 7.00. The molecule has 0 aliphatic heterocycles. The maximum Gasteiger partial charge on any atom is 0.216 e. The maximum atomic E-state index is 15.7. The predicted octanol–water partition coefficient (Wildman–Crippen LogP) is 13.6. The molecule has 0 saturated heterocycles. The van der Waals surface area contributed by atoms with Crippen molar-refractivity contribution < 1.29 is 33.3 Å². The molecule has 1 radical (unpaired) electrons. The van der Waals surface area contributed by atoms with Crippen LogP contribution in [0.15, 0.2) is 180 Å². The fourth-order valence-corrected chi connectivity index (χ4v) is 8.97. The molecule has 11 rings (SSSR count). The van der Waals surface area contributed by atoms with Gasteiger partial charge in [-0.2, -0.15) is 0 Å². The van der Waals surface area contributed by atoms with Crippen molar-refractivity contribution in [3.63, 3.8) is 0 Å². The third-order valence-electron chi connectivity index (χ3n) is 11.1. The first-order valence-corrected chi connectivity index (χ1v) is 23.9. The molecule has 0 fully saturated rings. The van der Waals surface area contributed by atoms with Crippen LogP contribution in [0.3, 0.4) is 0 Å². The number of benzene rings is 7. The molecule has 0 aliphatic rings. The Morgan fingerprint density at radius 2 is 1.33 bits per heavy atom. The number of fused-ring (bicyclic) bond motifs is 5. The standard InChI is InChI=1S/C40H22F2N3O.C14H16NSi.Ir/c41-26-19-17-25(18-20-26)34-22-21-30-29-13-8-14-31(38(29)46-40(30)44-34)39-43-35-15-6-7-16-36(35)45(39)37-28-12-5-4-11-27(28)33(42)23-32(37)24-9-2-1-3-10-24;1-16(2,3)13-9-10-14(15-11-13)12-7-5-4-6-8-12;/h1-13,15-23H;4-7,9-11H,1-3H3;/q2*-1;. The van der Waals surface area contributed by atoms with E-state index in [0.29, 0.717) is 33.8 Å². The van der Waals surface area contributed by atoms with Crippen molar-refractivity contribution in [2.75, 3.05) is 0 Å². The molecule has 5 nitrogen and oxygen atoms in total. The Balaban J connectivity index is 0.000000251. The summed E-state index contributed by atoms with van der Waals surface area (Å²) in [5.41, 5.74) is 9.30. The number of nitrogens with zero attached hydrogens (tertiary/aromatic N) is 4. The van der Waals surface area contributed by atoms with Crippen LogP contribution in [0.25, 0.3) is 94.6 Å². The van der Waals surface area contributed by atoms with E-state index >= 15 is 4.39 Å². The minimum atomic E-state index is -1.23. The van der Waals surface area contributed by atoms with Crippen LogP contribution in [0.4, 0.5) is 8.78 Å². The topological polar surface area (TPSA) is 56.7 Å². The molecule has 9 heteroatoms. The molecule has 0 unspecified atom stereocenters. The molecule has 309 valence electrons. The zero-order valence-corrected chi connectivity index (χ0v) is 37.9. The van der Waals surface area contributed by atoms with Gasteiger partial charge in [0, 0.05) is 53.6 Å². The minimum absolute atomic E-state index is 0. The number of rotatable bonds is 6. The molecule has 0 N–H and O–H groups in total. The number of hydrogen-bond acceptors (Lipinski definition) is 4. The predicted molar refractivity (Wildman–Crippen MR) is 250 cm³/mol. The monoisotopic (exact) mass is 1020 g/mol. The molecule has 0 saturated carbocycles. The summed E-state index contributed by atoms with van der Waals surface area (Å²) in [7, 11) is -1.23. The maximum absolute atomic E-state index is 15.7. The number of para-hydroxylation sites is 2. The Morgan fingerprint density at radius 3 is 2.08 bits per heavy atom. The van der Waals surface area contributed by atoms with Crippen LogP contribution < -0.4 is 5.19 Å². The van der Waals surface area contributed by atoms with E-state index in [4.69, 9.17) is 14.4 Å². The molecular formula is C54H38F2IrN4OSi-2. The second kappa shape index (κ2) is 17.1. The van der Waals surface area contributed by atoms with E-state index in [0.717, 1.165) is 60.8 Å². The summed E-state index contributed by atoms with van der Waals surface area (Å²) >= 11 is 0. The van der Waals surface area contributed by atoms with Gasteiger partial charge in [0.2, 0.25) is 5.71 Å². The molecule has 0 bridgehead atoms. The Kier molecular flexibility index (Phi) is 11.3. The van der Waals surface area contributed by atoms with Crippen LogP contribution >= 0.6 is 0 Å². The summed E-state index contributed by atoms with van der Waals surface area (Å²) in [6, 6.07) is 59.7. The van der Waals surface area contributed by atoms with E-state index < -0.39 is 8.07 Å². The van der Waals surface area contributed by atoms with E-state index in [1.165, 1.54) is 17.3 Å². The van der Waals surface area contributed by atoms with Crippen molar-refractivity contribution in [1.82, 2.24) is 19.5 Å². The summed E-state index contributed by atoms with van der Waals surface area (Å²) < 4.78 is 37.9. The zero-order valence-electron chi connectivity index (χ0n) is 34.5. The molecule has 4 heterocycles. The Labute approximate surface area is 378 Å². The Morgan fingerprint density at radius 1 is 0.603 bits per heavy atom. The molecule has 11 aromatic rings. The average Bonchev–Trinajstić information content (AvgIpc) is 3.88. The van der Waals surface area contributed by atoms with E-state index in [-0.39, 0.29) is 31.7 Å². The molecule has 63 heavy (non-hydrogen) atoms. The van der Waals surface area contributed by atoms with Crippen molar-refractivity contribution in [3.8, 4) is 50.7 Å². The van der Waals surface area contributed by atoms with Gasteiger partial charge in [-0.05, 0) is 71.0 Å². The molecule has 0 aliphatic carbocycles. The largest absolute Gasteiger partial charge is 0.486 e. The van der Waals surface area contributed by atoms with Crippen LogP contribution in [0, 0.1) is 23.8 Å². The number of imidazole rings is 1. The summed E-state index contributed by atoms with van der Waals surface area (Å²) in [5, 5.41) is 4.38. The smallest absolute Gasteiger partial charge is 0.216 e. The number of halogens is 2. The fraction of sp³-hybridized carbons (Fsp3) is 0.0556. The second-order valence-electron chi connectivity index (χ2n) is 16.1. The zero-order chi connectivity index (χ0) is 42.4. The van der Waals surface area contributed by atoms with Gasteiger partial charge in [0.25, 0.3) is 0 Å². The van der Waals surface area contributed by atoms with Gasteiger partial charge >= 0.3 is 0 Å². The van der Waals surface area contributed by atoms with E-state index in [1.807, 2.05) is 128 Å². The van der Waals surface area contributed by atoms with Gasteiger partial charge in [-0.3, -0.25) is 4.98 Å². The van der Waals surface area contributed by atoms with Crippen molar-refractivity contribution in [2.24, 2.45) is 0 Å². The summed E-state index contributed by atoms with van der Waals surface area (Å²) in [4.78, 5) is 14.5. The van der Waals surface area contributed by atoms with E-state index in [9.17, 15) is 4.39 Å². The Hall–Kier alpha value is -6.90. The van der Waals surface area contributed by atoms with Gasteiger partial charge in [-0.15, -0.1) is 54.1 Å². The van der Waals surface area contributed by atoms with Crippen molar-refractivity contribution >= 4 is 57.1 Å². The number of pyridine rings is 2. The molecule has 0 spiro atoms. The van der Waals surface area contributed by atoms with Gasteiger partial charge in [-0.1, -0.05) is 109 Å². The molecule has 4 aromatic heterocycles. The van der Waals surface area contributed by atoms with Gasteiger partial charge in [0.15, 0.2) is 0 Å². The molecule has 0 atom stereocenters. The van der Waals surface area contributed by atoms with Crippen LogP contribution in [0.1, 0.15) is 0 Å². The molecule has 0 amide bonds. The fourth-order valence-electron chi connectivity index (χ4n) is 7.93. The van der Waals surface area contributed by atoms with Crippen LogP contribution in [-0.2, 0) is 20.1 Å². The van der Waals surface area contributed by atoms with Crippen molar-refractivity contribution in [2.45, 2.75) is 19.6 Å². The first-order chi connectivity index (χ1) is 30.2. The third kappa shape index (κ3) is 7.91. The normalized spacial score (nSPS) is 11.4. The Bertz CT molecular complexity index is 3400. The first-order valence-electron chi connectivity index (χ1n) is 20.4. The number of aromatic nitrogens is 4. The SMILES string of the molecule is C[Si](C)(C)c1ccc(-c2[c-]cccc2)nc1.Fc1ccc(-c2ccc3c(n2)oc2c(-c4nc5ccccc5n4-c4c(-c5ccccc5)cc(F)c5ccccc45)[c-]ccc23)cc1.[Ir]. The van der Waals surface area contributed by atoms with Gasteiger partial charge < -0.3 is 14.0 Å². The number of hydrogen-bond donors (Lipinski definition) is 0. The third-order valence-corrected chi connectivity index (χ3v) is 13.1. The second-order valence-corrected chi connectivity index (χ2v) is 21.2. The minimum Gasteiger partial charge on any atom is -0.486 e. The van der Waals surface area contributed by atoms with Crippen molar-refractivity contribution in [3.05, 3.63) is 200 Å². The van der Waals surface area contributed by atoms with Gasteiger partial charge in [-0.25, -0.2) is 13.8 Å².